The predicted molar refractivity (Wildman–Crippen MR) is 82.7 cm³/mol. The summed E-state index contributed by atoms with van der Waals surface area (Å²) >= 11 is 12.4. The van der Waals surface area contributed by atoms with Crippen LogP contribution in [-0.2, 0) is 0 Å². The van der Waals surface area contributed by atoms with Gasteiger partial charge >= 0.3 is 11.9 Å². The molecule has 0 amide bonds. The largest absolute Gasteiger partial charge is 0.478 e. The Kier molecular flexibility index (Phi) is 13.4. The van der Waals surface area contributed by atoms with Crippen LogP contribution in [0.5, 0.6) is 0 Å². The smallest absolute Gasteiger partial charge is 0.337 e. The second-order valence-electron chi connectivity index (χ2n) is 2.62. The normalized spacial score (nSPS) is 9.11. The van der Waals surface area contributed by atoms with Gasteiger partial charge in [-0.25, -0.2) is 9.59 Å². The van der Waals surface area contributed by atoms with E-state index in [-0.39, 0.29) is 123 Å². The van der Waals surface area contributed by atoms with Crippen molar-refractivity contribution in [2.75, 3.05) is 0 Å². The standard InChI is InChI=1S/C8H2Br4O4.2K/c9-3-1(7(13)14)2(8(15)16)4(10)6(12)5(3)11;;/h(H,13,14)(H,15,16);;. The van der Waals surface area contributed by atoms with Gasteiger partial charge in [-0.05, 0) is 63.7 Å². The van der Waals surface area contributed by atoms with Crippen LogP contribution in [0.1, 0.15) is 20.7 Å². The quantitative estimate of drug-likeness (QED) is 0.331. The van der Waals surface area contributed by atoms with Crippen LogP contribution in [0.15, 0.2) is 17.9 Å². The third-order valence-corrected chi connectivity index (χ3v) is 6.46. The molecule has 1 aromatic rings. The van der Waals surface area contributed by atoms with Gasteiger partial charge in [0.1, 0.15) is 0 Å². The van der Waals surface area contributed by atoms with Crippen LogP contribution in [0, 0.1) is 0 Å². The summed E-state index contributed by atoms with van der Waals surface area (Å²) < 4.78 is 1.21. The maximum absolute atomic E-state index is 11.0. The first-order valence-electron chi connectivity index (χ1n) is 3.61. The number of carboxylic acids is 2. The Morgan fingerprint density at radius 2 is 0.889 bits per heavy atom. The Balaban J connectivity index is 0. The summed E-state index contributed by atoms with van der Waals surface area (Å²) in [6, 6.07) is 0. The molecule has 0 spiro atoms. The van der Waals surface area contributed by atoms with Crippen molar-refractivity contribution in [2.24, 2.45) is 0 Å². The first-order chi connectivity index (χ1) is 7.29. The maximum Gasteiger partial charge on any atom is 0.337 e. The van der Waals surface area contributed by atoms with Gasteiger partial charge in [0.15, 0.2) is 0 Å². The molecule has 0 aliphatic heterocycles. The van der Waals surface area contributed by atoms with Gasteiger partial charge in [0.05, 0.1) is 11.1 Å². The summed E-state index contributed by atoms with van der Waals surface area (Å²) in [7, 11) is 0. The number of carboxylic acid groups (broad SMARTS) is 2. The Bertz CT molecular complexity index is 462. The van der Waals surface area contributed by atoms with E-state index in [1.807, 2.05) is 0 Å². The Hall–Kier alpha value is 3.35. The van der Waals surface area contributed by atoms with E-state index in [1.165, 1.54) is 0 Å². The number of hydrogen-bond acceptors (Lipinski definition) is 2. The van der Waals surface area contributed by atoms with Gasteiger partial charge in [0.25, 0.3) is 0 Å². The summed E-state index contributed by atoms with van der Waals surface area (Å²) in [5, 5.41) is 18.0. The molecule has 0 saturated carbocycles. The van der Waals surface area contributed by atoms with E-state index in [4.69, 9.17) is 10.2 Å². The molecule has 2 N–H and O–H groups in total. The van der Waals surface area contributed by atoms with Crippen LogP contribution in [0.3, 0.4) is 0 Å². The van der Waals surface area contributed by atoms with Crippen LogP contribution < -0.4 is 0 Å². The minimum atomic E-state index is -1.32. The van der Waals surface area contributed by atoms with E-state index in [0.29, 0.717) is 8.95 Å². The van der Waals surface area contributed by atoms with Gasteiger partial charge in [-0.15, -0.1) is 0 Å². The van der Waals surface area contributed by atoms with Gasteiger partial charge in [-0.3, -0.25) is 0 Å². The zero-order chi connectivity index (χ0) is 12.6. The molecule has 18 heavy (non-hydrogen) atoms. The number of aromatic carboxylic acids is 2. The minimum Gasteiger partial charge on any atom is -0.478 e. The Morgan fingerprint density at radius 1 is 0.667 bits per heavy atom. The van der Waals surface area contributed by atoms with Crippen molar-refractivity contribution in [3.8, 4) is 0 Å². The van der Waals surface area contributed by atoms with E-state index in [0.717, 1.165) is 0 Å². The van der Waals surface area contributed by atoms with Crippen molar-refractivity contribution in [2.45, 2.75) is 0 Å². The van der Waals surface area contributed by atoms with E-state index in [9.17, 15) is 9.59 Å². The SMILES string of the molecule is O=C(O)c1c(Br)c(Br)c(Br)c(Br)c1C(=O)O.[K].[K]. The molecule has 4 nitrogen and oxygen atoms in total. The molecule has 10 heteroatoms. The number of hydrogen-bond donors (Lipinski definition) is 2. The van der Waals surface area contributed by atoms with Gasteiger partial charge in [-0.2, -0.15) is 0 Å². The molecular weight excluding hydrogens is 558 g/mol. The third-order valence-electron chi connectivity index (χ3n) is 1.69. The average molecular weight is 560 g/mol. The van der Waals surface area contributed by atoms with Gasteiger partial charge in [-0.1, -0.05) is 0 Å². The van der Waals surface area contributed by atoms with Crippen LogP contribution >= 0.6 is 63.7 Å². The van der Waals surface area contributed by atoms with E-state index in [1.54, 1.807) is 0 Å². The molecule has 0 aromatic heterocycles. The van der Waals surface area contributed by atoms with Crippen molar-refractivity contribution in [1.82, 2.24) is 0 Å². The van der Waals surface area contributed by atoms with Gasteiger partial charge in [0.2, 0.25) is 0 Å². The predicted octanol–water partition coefficient (Wildman–Crippen LogP) is 3.37. The molecule has 0 atom stereocenters. The summed E-state index contributed by atoms with van der Waals surface area (Å²) in [6.07, 6.45) is 0. The maximum atomic E-state index is 11.0. The van der Waals surface area contributed by atoms with Crippen LogP contribution in [0.4, 0.5) is 0 Å². The minimum absolute atomic E-state index is 0. The third kappa shape index (κ3) is 5.22. The molecule has 1 rings (SSSR count). The topological polar surface area (TPSA) is 74.6 Å². The summed E-state index contributed by atoms with van der Waals surface area (Å²) in [5.74, 6) is -2.64. The number of rotatable bonds is 2. The average Bonchev–Trinajstić information content (AvgIpc) is 2.18. The van der Waals surface area contributed by atoms with Gasteiger partial charge < -0.3 is 10.2 Å². The summed E-state index contributed by atoms with van der Waals surface area (Å²) in [6.45, 7) is 0. The Morgan fingerprint density at radius 3 is 1.06 bits per heavy atom. The van der Waals surface area contributed by atoms with Crippen molar-refractivity contribution in [3.63, 3.8) is 0 Å². The van der Waals surface area contributed by atoms with Crippen LogP contribution in [-0.4, -0.2) is 125 Å². The fourth-order valence-corrected chi connectivity index (χ4v) is 3.49. The molecule has 88 valence electrons. The number of halogens is 4. The van der Waals surface area contributed by atoms with Crippen molar-refractivity contribution in [3.05, 3.63) is 29.0 Å². The molecule has 0 aliphatic carbocycles. The monoisotopic (exact) mass is 556 g/mol. The number of benzene rings is 1. The van der Waals surface area contributed by atoms with Crippen LogP contribution in [0.25, 0.3) is 0 Å². The van der Waals surface area contributed by atoms with Crippen LogP contribution in [0.2, 0.25) is 0 Å². The second kappa shape index (κ2) is 10.2. The molecule has 0 heterocycles. The number of carbonyl (C=O) groups is 2. The second-order valence-corrected chi connectivity index (χ2v) is 5.79. The molecule has 0 unspecified atom stereocenters. The summed E-state index contributed by atoms with van der Waals surface area (Å²) in [5.41, 5.74) is -0.621. The Labute approximate surface area is 221 Å². The fourth-order valence-electron chi connectivity index (χ4n) is 1.03. The van der Waals surface area contributed by atoms with E-state index in [2.05, 4.69) is 63.7 Å². The van der Waals surface area contributed by atoms with Crippen molar-refractivity contribution >= 4 is 178 Å². The van der Waals surface area contributed by atoms with Gasteiger partial charge in [0, 0.05) is 121 Å². The molecule has 1 aromatic carbocycles. The molecule has 0 saturated heterocycles. The first kappa shape index (κ1) is 23.6. The zero-order valence-corrected chi connectivity index (χ0v) is 21.8. The molecule has 0 fully saturated rings. The molecular formula is C8H2Br4K2O4. The molecule has 2 radical (unpaired) electrons. The summed E-state index contributed by atoms with van der Waals surface area (Å²) in [4.78, 5) is 22.0. The molecule has 0 aliphatic rings. The zero-order valence-electron chi connectivity index (χ0n) is 9.22. The first-order valence-corrected chi connectivity index (χ1v) is 6.78. The fraction of sp³-hybridized carbons (Fsp3) is 0. The van der Waals surface area contributed by atoms with Crippen molar-refractivity contribution in [1.29, 1.82) is 0 Å². The van der Waals surface area contributed by atoms with E-state index >= 15 is 0 Å². The van der Waals surface area contributed by atoms with Crippen molar-refractivity contribution < 1.29 is 19.8 Å². The molecule has 0 bridgehead atoms. The van der Waals surface area contributed by atoms with E-state index < -0.39 is 11.9 Å².